The van der Waals surface area contributed by atoms with Crippen molar-refractivity contribution in [1.82, 2.24) is 24.7 Å². The summed E-state index contributed by atoms with van der Waals surface area (Å²) in [6, 6.07) is 3.81. The van der Waals surface area contributed by atoms with Gasteiger partial charge in [-0.25, -0.2) is 0 Å². The highest BCUT2D eigenvalue weighted by molar-refractivity contribution is 7.19. The average Bonchev–Trinajstić information content (AvgIpc) is 3.20. The second-order valence-electron chi connectivity index (χ2n) is 6.82. The van der Waals surface area contributed by atoms with Gasteiger partial charge in [-0.3, -0.25) is 4.90 Å². The van der Waals surface area contributed by atoms with Crippen molar-refractivity contribution in [3.05, 3.63) is 18.0 Å². The molecule has 1 saturated heterocycles. The smallest absolute Gasteiger partial charge is 0.235 e. The van der Waals surface area contributed by atoms with Gasteiger partial charge in [0.1, 0.15) is 5.01 Å². The van der Waals surface area contributed by atoms with E-state index in [9.17, 15) is 0 Å². The Labute approximate surface area is 168 Å². The Morgan fingerprint density at radius 2 is 1.61 bits per heavy atom. The highest BCUT2D eigenvalue weighted by atomic mass is 32.1. The van der Waals surface area contributed by atoms with E-state index in [4.69, 9.17) is 19.3 Å². The van der Waals surface area contributed by atoms with Crippen molar-refractivity contribution in [2.24, 2.45) is 0 Å². The quantitative estimate of drug-likeness (QED) is 0.625. The van der Waals surface area contributed by atoms with Gasteiger partial charge in [0.05, 0.1) is 27.9 Å². The summed E-state index contributed by atoms with van der Waals surface area (Å²) in [6.07, 6.45) is 5.12. The lowest BCUT2D eigenvalue weighted by Crippen LogP contribution is -2.25. The second kappa shape index (κ2) is 8.32. The highest BCUT2D eigenvalue weighted by Gasteiger charge is 2.19. The molecule has 28 heavy (non-hydrogen) atoms. The lowest BCUT2D eigenvalue weighted by molar-refractivity contribution is 0.268. The molecular weight excluding hydrogens is 378 g/mol. The topological polar surface area (TPSA) is 74.0 Å². The van der Waals surface area contributed by atoms with Crippen LogP contribution in [0.1, 0.15) is 31.5 Å². The Morgan fingerprint density at radius 1 is 0.929 bits per heavy atom. The zero-order chi connectivity index (χ0) is 19.5. The van der Waals surface area contributed by atoms with Crippen LogP contribution in [0.3, 0.4) is 0 Å². The molecule has 0 unspecified atom stereocenters. The van der Waals surface area contributed by atoms with Crippen LogP contribution in [0.5, 0.6) is 17.2 Å². The summed E-state index contributed by atoms with van der Waals surface area (Å²) in [7, 11) is 4.82. The molecule has 8 nitrogen and oxygen atoms in total. The van der Waals surface area contributed by atoms with Gasteiger partial charge in [0.25, 0.3) is 0 Å². The molecule has 1 aliphatic heterocycles. The second-order valence-corrected chi connectivity index (χ2v) is 7.78. The van der Waals surface area contributed by atoms with E-state index in [-0.39, 0.29) is 0 Å². The fourth-order valence-electron chi connectivity index (χ4n) is 3.57. The minimum atomic E-state index is 0.568. The molecule has 0 saturated carbocycles. The van der Waals surface area contributed by atoms with Crippen molar-refractivity contribution in [3.63, 3.8) is 0 Å². The van der Waals surface area contributed by atoms with Gasteiger partial charge in [-0.2, -0.15) is 9.61 Å². The molecule has 2 aromatic heterocycles. The van der Waals surface area contributed by atoms with Crippen LogP contribution in [-0.4, -0.2) is 59.1 Å². The Kier molecular flexibility index (Phi) is 5.63. The largest absolute Gasteiger partial charge is 0.493 e. The number of aromatic nitrogens is 4. The van der Waals surface area contributed by atoms with Crippen molar-refractivity contribution in [3.8, 4) is 27.8 Å². The number of hydrogen-bond acceptors (Lipinski definition) is 8. The van der Waals surface area contributed by atoms with Gasteiger partial charge in [0.15, 0.2) is 17.3 Å². The first kappa shape index (κ1) is 18.9. The third-order valence-electron chi connectivity index (χ3n) is 5.03. The number of methoxy groups -OCH3 is 3. The van der Waals surface area contributed by atoms with E-state index in [0.717, 1.165) is 41.0 Å². The summed E-state index contributed by atoms with van der Waals surface area (Å²) in [5, 5.41) is 14.3. The van der Waals surface area contributed by atoms with E-state index in [1.807, 2.05) is 16.6 Å². The minimum absolute atomic E-state index is 0.568. The molecule has 1 aromatic carbocycles. The van der Waals surface area contributed by atoms with Crippen LogP contribution in [0.25, 0.3) is 15.5 Å². The summed E-state index contributed by atoms with van der Waals surface area (Å²) in [5.41, 5.74) is 0.894. The van der Waals surface area contributed by atoms with Gasteiger partial charge in [0, 0.05) is 5.56 Å². The number of ether oxygens (including phenoxy) is 3. The van der Waals surface area contributed by atoms with Crippen LogP contribution in [0, 0.1) is 0 Å². The summed E-state index contributed by atoms with van der Waals surface area (Å²) < 4.78 is 18.2. The van der Waals surface area contributed by atoms with Crippen molar-refractivity contribution in [2.45, 2.75) is 32.2 Å². The van der Waals surface area contributed by atoms with Crippen LogP contribution < -0.4 is 14.2 Å². The molecule has 150 valence electrons. The van der Waals surface area contributed by atoms with Gasteiger partial charge in [-0.1, -0.05) is 24.2 Å². The molecule has 0 N–H and O–H groups in total. The van der Waals surface area contributed by atoms with Crippen LogP contribution in [0.15, 0.2) is 12.1 Å². The maximum absolute atomic E-state index is 5.46. The van der Waals surface area contributed by atoms with Gasteiger partial charge in [0.2, 0.25) is 10.7 Å². The lowest BCUT2D eigenvalue weighted by atomic mass is 10.2. The summed E-state index contributed by atoms with van der Waals surface area (Å²) in [6.45, 7) is 3.00. The van der Waals surface area contributed by atoms with Gasteiger partial charge in [-0.05, 0) is 38.1 Å². The summed E-state index contributed by atoms with van der Waals surface area (Å²) in [4.78, 5) is 3.23. The molecule has 0 amide bonds. The summed E-state index contributed by atoms with van der Waals surface area (Å²) in [5.74, 6) is 2.66. The molecule has 0 atom stereocenters. The van der Waals surface area contributed by atoms with E-state index in [1.54, 1.807) is 21.3 Å². The van der Waals surface area contributed by atoms with E-state index in [2.05, 4.69) is 15.1 Å². The van der Waals surface area contributed by atoms with E-state index < -0.39 is 0 Å². The zero-order valence-corrected chi connectivity index (χ0v) is 17.3. The van der Waals surface area contributed by atoms with Gasteiger partial charge >= 0.3 is 0 Å². The fourth-order valence-corrected chi connectivity index (χ4v) is 4.42. The van der Waals surface area contributed by atoms with E-state index >= 15 is 0 Å². The average molecular weight is 404 g/mol. The maximum Gasteiger partial charge on any atom is 0.235 e. The number of rotatable bonds is 6. The van der Waals surface area contributed by atoms with Crippen LogP contribution in [-0.2, 0) is 6.54 Å². The molecular formula is C19H25N5O3S. The molecule has 1 fully saturated rings. The Balaban J connectivity index is 1.66. The van der Waals surface area contributed by atoms with Crippen molar-refractivity contribution >= 4 is 16.3 Å². The third kappa shape index (κ3) is 3.64. The number of likely N-dealkylation sites (tertiary alicyclic amines) is 1. The maximum atomic E-state index is 5.46. The molecule has 3 heterocycles. The molecule has 0 bridgehead atoms. The molecule has 3 aromatic rings. The number of benzene rings is 1. The van der Waals surface area contributed by atoms with Crippen molar-refractivity contribution in [2.75, 3.05) is 34.4 Å². The predicted molar refractivity (Wildman–Crippen MR) is 107 cm³/mol. The first-order valence-corrected chi connectivity index (χ1v) is 10.3. The minimum Gasteiger partial charge on any atom is -0.493 e. The van der Waals surface area contributed by atoms with Gasteiger partial charge in [-0.15, -0.1) is 10.2 Å². The number of fused-ring (bicyclic) bond motifs is 1. The molecule has 0 aliphatic carbocycles. The van der Waals surface area contributed by atoms with Gasteiger partial charge < -0.3 is 14.2 Å². The lowest BCUT2D eigenvalue weighted by Gasteiger charge is -2.17. The first-order chi connectivity index (χ1) is 13.7. The monoisotopic (exact) mass is 403 g/mol. The Bertz CT molecular complexity index is 921. The number of hydrogen-bond donors (Lipinski definition) is 0. The van der Waals surface area contributed by atoms with Crippen molar-refractivity contribution in [1.29, 1.82) is 0 Å². The molecule has 0 radical (unpaired) electrons. The van der Waals surface area contributed by atoms with Crippen LogP contribution in [0.2, 0.25) is 0 Å². The Morgan fingerprint density at radius 3 is 2.21 bits per heavy atom. The third-order valence-corrected chi connectivity index (χ3v) is 5.98. The van der Waals surface area contributed by atoms with E-state index in [0.29, 0.717) is 17.2 Å². The number of nitrogens with zero attached hydrogens (tertiary/aromatic N) is 5. The zero-order valence-electron chi connectivity index (χ0n) is 16.5. The predicted octanol–water partition coefficient (Wildman–Crippen LogP) is 3.25. The first-order valence-electron chi connectivity index (χ1n) is 9.47. The van der Waals surface area contributed by atoms with Crippen LogP contribution >= 0.6 is 11.3 Å². The molecule has 1 aliphatic rings. The molecule has 0 spiro atoms. The normalized spacial score (nSPS) is 15.5. The Hall–Kier alpha value is -2.39. The highest BCUT2D eigenvalue weighted by Crippen LogP contribution is 2.41. The van der Waals surface area contributed by atoms with E-state index in [1.165, 1.54) is 37.0 Å². The van der Waals surface area contributed by atoms with Crippen LogP contribution in [0.4, 0.5) is 0 Å². The van der Waals surface area contributed by atoms with Crippen molar-refractivity contribution < 1.29 is 14.2 Å². The SMILES string of the molecule is COc1cc(-c2nn3c(CN4CCCCCC4)nnc3s2)cc(OC)c1OC. The fraction of sp³-hybridized carbons (Fsp3) is 0.526. The molecule has 9 heteroatoms. The standard InChI is InChI=1S/C19H25N5O3S/c1-25-14-10-13(11-15(26-2)17(14)27-3)18-22-24-16(20-21-19(24)28-18)12-23-8-6-4-5-7-9-23/h10-11H,4-9,12H2,1-3H3. The summed E-state index contributed by atoms with van der Waals surface area (Å²) >= 11 is 1.50. The molecule has 4 rings (SSSR count).